The zero-order chi connectivity index (χ0) is 21.9. The molecule has 2 nitrogen and oxygen atoms in total. The summed E-state index contributed by atoms with van der Waals surface area (Å²) in [4.78, 5) is 14.4. The van der Waals surface area contributed by atoms with Gasteiger partial charge >= 0.3 is 0 Å². The molecule has 3 rings (SSSR count). The highest BCUT2D eigenvalue weighted by molar-refractivity contribution is 9.10. The summed E-state index contributed by atoms with van der Waals surface area (Å²) in [7, 11) is -2.93. The molecule has 0 bridgehead atoms. The number of carbonyl (C=O) groups is 1. The molecule has 0 amide bonds. The summed E-state index contributed by atoms with van der Waals surface area (Å²) >= 11 is 3.44. The average Bonchev–Trinajstić information content (AvgIpc) is 2.74. The number of hydrogen-bond donors (Lipinski definition) is 1. The highest BCUT2D eigenvalue weighted by Gasteiger charge is 2.55. The van der Waals surface area contributed by atoms with Gasteiger partial charge in [0.1, 0.15) is 5.41 Å². The van der Waals surface area contributed by atoms with E-state index in [0.29, 0.717) is 0 Å². The number of carbonyl (C=O) groups excluding carboxylic acids is 1. The van der Waals surface area contributed by atoms with Crippen LogP contribution in [0.15, 0.2) is 89.4 Å². The van der Waals surface area contributed by atoms with Crippen LogP contribution in [-0.4, -0.2) is 18.6 Å². The Bertz CT molecular complexity index is 940. The highest BCUT2D eigenvalue weighted by atomic mass is 79.9. The van der Waals surface area contributed by atoms with Crippen molar-refractivity contribution < 1.29 is 9.90 Å². The molecule has 0 fully saturated rings. The van der Waals surface area contributed by atoms with Crippen LogP contribution in [0.5, 0.6) is 0 Å². The van der Waals surface area contributed by atoms with Crippen molar-refractivity contribution in [3.63, 3.8) is 0 Å². The first-order chi connectivity index (χ1) is 14.2. The molecule has 156 valence electrons. The Balaban J connectivity index is 2.19. The molecule has 0 aliphatic rings. The number of aliphatic hydroxyl groups excluding tert-OH is 1. The van der Waals surface area contributed by atoms with E-state index in [1.807, 2.05) is 67.6 Å². The molecule has 0 unspecified atom stereocenters. The largest absolute Gasteiger partial charge is 0.388 e. The van der Waals surface area contributed by atoms with E-state index in [9.17, 15) is 9.90 Å². The van der Waals surface area contributed by atoms with Crippen molar-refractivity contribution in [2.75, 3.05) is 0 Å². The zero-order valence-corrected chi connectivity index (χ0v) is 20.6. The van der Waals surface area contributed by atoms with Gasteiger partial charge in [0.2, 0.25) is 0 Å². The fourth-order valence-electron chi connectivity index (χ4n) is 4.50. The fraction of sp³-hybridized carbons (Fsp3) is 0.269. The van der Waals surface area contributed by atoms with Crippen LogP contribution in [-0.2, 0) is 4.79 Å². The van der Waals surface area contributed by atoms with E-state index >= 15 is 0 Å². The summed E-state index contributed by atoms with van der Waals surface area (Å²) in [6.45, 7) is 8.36. The van der Waals surface area contributed by atoms with Crippen molar-refractivity contribution >= 4 is 39.8 Å². The number of halogens is 1. The summed E-state index contributed by atoms with van der Waals surface area (Å²) < 4.78 is 0.949. The predicted molar refractivity (Wildman–Crippen MR) is 131 cm³/mol. The smallest absolute Gasteiger partial charge is 0.199 e. The third kappa shape index (κ3) is 4.09. The molecule has 3 aromatic rings. The first kappa shape index (κ1) is 22.7. The predicted octanol–water partition coefficient (Wildman–Crippen LogP) is 5.29. The lowest BCUT2D eigenvalue weighted by Crippen LogP contribution is -2.71. The minimum Gasteiger partial charge on any atom is -0.388 e. The summed E-state index contributed by atoms with van der Waals surface area (Å²) in [5.41, 5.74) is 0.761. The van der Waals surface area contributed by atoms with Gasteiger partial charge in [-0.15, -0.1) is 0 Å². The minimum atomic E-state index is -2.93. The molecule has 0 aliphatic heterocycles. The molecule has 1 N–H and O–H groups in total. The van der Waals surface area contributed by atoms with E-state index in [4.69, 9.17) is 0 Å². The zero-order valence-electron chi connectivity index (χ0n) is 18.0. The lowest BCUT2D eigenvalue weighted by Gasteiger charge is -2.44. The van der Waals surface area contributed by atoms with Crippen LogP contribution in [0.2, 0.25) is 5.04 Å². The van der Waals surface area contributed by atoms with Crippen LogP contribution in [0, 0.1) is 5.92 Å². The summed E-state index contributed by atoms with van der Waals surface area (Å²) in [5.74, 6) is -0.530. The van der Waals surface area contributed by atoms with Crippen molar-refractivity contribution in [3.05, 3.63) is 95.0 Å². The number of rotatable bonds is 6. The van der Waals surface area contributed by atoms with E-state index < -0.39 is 20.1 Å². The molecule has 0 spiro atoms. The maximum Gasteiger partial charge on any atom is 0.199 e. The van der Waals surface area contributed by atoms with Crippen molar-refractivity contribution in [2.45, 2.75) is 38.8 Å². The Morgan fingerprint density at radius 3 is 1.67 bits per heavy atom. The van der Waals surface area contributed by atoms with Crippen molar-refractivity contribution in [2.24, 2.45) is 5.92 Å². The third-order valence-corrected chi connectivity index (χ3v) is 12.4. The SMILES string of the molecule is C[C@@H](C(=O)[Si](c1ccccc1)(c1ccccc1)C(C)(C)C)[C@@H](O)c1ccc(Br)cc1. The van der Waals surface area contributed by atoms with E-state index in [1.54, 1.807) is 0 Å². The second-order valence-corrected chi connectivity index (χ2v) is 14.4. The molecule has 0 saturated heterocycles. The lowest BCUT2D eigenvalue weighted by atomic mass is 9.99. The molecule has 2 atom stereocenters. The molecule has 0 radical (unpaired) electrons. The molecule has 4 heteroatoms. The van der Waals surface area contributed by atoms with Gasteiger partial charge < -0.3 is 9.90 Å². The number of benzene rings is 3. The van der Waals surface area contributed by atoms with Gasteiger partial charge in [0.25, 0.3) is 0 Å². The molecular formula is C26H29BrO2Si. The van der Waals surface area contributed by atoms with Crippen LogP contribution < -0.4 is 10.4 Å². The van der Waals surface area contributed by atoms with Crippen molar-refractivity contribution in [3.8, 4) is 0 Å². The van der Waals surface area contributed by atoms with Crippen LogP contribution >= 0.6 is 15.9 Å². The first-order valence-electron chi connectivity index (χ1n) is 10.3. The van der Waals surface area contributed by atoms with Crippen molar-refractivity contribution in [1.29, 1.82) is 0 Å². The van der Waals surface area contributed by atoms with Crippen molar-refractivity contribution in [1.82, 2.24) is 0 Å². The van der Waals surface area contributed by atoms with Crippen LogP contribution in [0.3, 0.4) is 0 Å². The molecule has 0 aromatic heterocycles. The molecule has 0 saturated carbocycles. The summed E-state index contributed by atoms with van der Waals surface area (Å²) in [6, 6.07) is 27.9. The Kier molecular flexibility index (Phi) is 6.80. The normalized spacial score (nSPS) is 14.2. The monoisotopic (exact) mass is 480 g/mol. The highest BCUT2D eigenvalue weighted by Crippen LogP contribution is 2.40. The number of aliphatic hydroxyl groups is 1. The van der Waals surface area contributed by atoms with E-state index in [0.717, 1.165) is 20.4 Å². The van der Waals surface area contributed by atoms with Gasteiger partial charge in [-0.05, 0) is 33.1 Å². The van der Waals surface area contributed by atoms with E-state index in [2.05, 4.69) is 61.0 Å². The average molecular weight is 482 g/mol. The molecule has 0 heterocycles. The third-order valence-electron chi connectivity index (χ3n) is 6.01. The maximum atomic E-state index is 14.4. The first-order valence-corrected chi connectivity index (χ1v) is 13.1. The second kappa shape index (κ2) is 9.01. The van der Waals surface area contributed by atoms with Gasteiger partial charge in [0.05, 0.1) is 6.10 Å². The van der Waals surface area contributed by atoms with Gasteiger partial charge in [-0.1, -0.05) is 116 Å². The van der Waals surface area contributed by atoms with Gasteiger partial charge in [-0.2, -0.15) is 0 Å². The Labute approximate surface area is 189 Å². The van der Waals surface area contributed by atoms with Crippen LogP contribution in [0.4, 0.5) is 0 Å². The minimum absolute atomic E-state index is 0.155. The topological polar surface area (TPSA) is 37.3 Å². The Morgan fingerprint density at radius 1 is 0.833 bits per heavy atom. The summed E-state index contributed by atoms with van der Waals surface area (Å²) in [6.07, 6.45) is -0.854. The molecular weight excluding hydrogens is 452 g/mol. The van der Waals surface area contributed by atoms with Crippen LogP contribution in [0.25, 0.3) is 0 Å². The summed E-state index contributed by atoms with van der Waals surface area (Å²) in [5, 5.41) is 13.2. The van der Waals surface area contributed by atoms with Gasteiger partial charge in [-0.3, -0.25) is 0 Å². The van der Waals surface area contributed by atoms with E-state index in [-0.39, 0.29) is 10.4 Å². The standard InChI is InChI=1S/C26H29BrO2Si/c1-19(24(28)20-15-17-21(27)18-16-20)25(29)30(26(2,3)4,22-11-7-5-8-12-22)23-13-9-6-10-14-23/h5-19,24,28H,1-4H3/t19-,24-/m1/s1. The van der Waals surface area contributed by atoms with E-state index in [1.165, 1.54) is 0 Å². The Hall–Kier alpha value is -2.01. The Morgan fingerprint density at radius 2 is 1.27 bits per heavy atom. The van der Waals surface area contributed by atoms with Crippen LogP contribution in [0.1, 0.15) is 39.4 Å². The second-order valence-electron chi connectivity index (χ2n) is 8.88. The maximum absolute atomic E-state index is 14.4. The van der Waals surface area contributed by atoms with Gasteiger partial charge in [-0.25, -0.2) is 0 Å². The fourth-order valence-corrected chi connectivity index (χ4v) is 10.4. The molecule has 3 aromatic carbocycles. The van der Waals surface area contributed by atoms with Gasteiger partial charge in [0.15, 0.2) is 8.07 Å². The number of hydrogen-bond acceptors (Lipinski definition) is 2. The molecule has 30 heavy (non-hydrogen) atoms. The quantitative estimate of drug-likeness (QED) is 0.486. The molecule has 0 aliphatic carbocycles. The van der Waals surface area contributed by atoms with Gasteiger partial charge in [0, 0.05) is 10.4 Å². The lowest BCUT2D eigenvalue weighted by molar-refractivity contribution is -0.119.